The zero-order valence-electron chi connectivity index (χ0n) is 14.0. The highest BCUT2D eigenvalue weighted by Gasteiger charge is 2.16. The molecule has 1 saturated carbocycles. The van der Waals surface area contributed by atoms with Gasteiger partial charge in [-0.05, 0) is 58.0 Å². The number of hydrogen-bond acceptors (Lipinski definition) is 3. The van der Waals surface area contributed by atoms with Crippen molar-refractivity contribution in [3.8, 4) is 0 Å². The van der Waals surface area contributed by atoms with E-state index in [1.54, 1.807) is 0 Å². The standard InChI is InChI=1S/C18H36N2O/c1-16(8-9-17-6-3-2-4-7-17)19-12-5-13-20-14-10-18(21)11-15-20/h16-19,21H,2-15H2,1H3. The summed E-state index contributed by atoms with van der Waals surface area (Å²) in [7, 11) is 0. The van der Waals surface area contributed by atoms with Crippen LogP contribution in [0.15, 0.2) is 0 Å². The molecule has 21 heavy (non-hydrogen) atoms. The first-order valence-electron chi connectivity index (χ1n) is 9.38. The Morgan fingerprint density at radius 3 is 2.52 bits per heavy atom. The summed E-state index contributed by atoms with van der Waals surface area (Å²) in [5.74, 6) is 1.02. The van der Waals surface area contributed by atoms with E-state index in [9.17, 15) is 5.11 Å². The second-order valence-corrected chi connectivity index (χ2v) is 7.36. The lowest BCUT2D eigenvalue weighted by molar-refractivity contribution is 0.0820. The van der Waals surface area contributed by atoms with Crippen LogP contribution in [-0.2, 0) is 0 Å². The number of piperidine rings is 1. The zero-order valence-corrected chi connectivity index (χ0v) is 14.0. The Kier molecular flexibility index (Phi) is 8.05. The van der Waals surface area contributed by atoms with Crippen LogP contribution >= 0.6 is 0 Å². The number of aliphatic hydroxyl groups excluding tert-OH is 1. The average Bonchev–Trinajstić information content (AvgIpc) is 2.52. The molecule has 0 aromatic heterocycles. The van der Waals surface area contributed by atoms with E-state index in [0.717, 1.165) is 38.4 Å². The van der Waals surface area contributed by atoms with Gasteiger partial charge in [-0.3, -0.25) is 0 Å². The molecule has 0 radical (unpaired) electrons. The van der Waals surface area contributed by atoms with Gasteiger partial charge >= 0.3 is 0 Å². The number of likely N-dealkylation sites (tertiary alicyclic amines) is 1. The second-order valence-electron chi connectivity index (χ2n) is 7.36. The number of nitrogens with one attached hydrogen (secondary N) is 1. The van der Waals surface area contributed by atoms with Gasteiger partial charge < -0.3 is 15.3 Å². The van der Waals surface area contributed by atoms with Crippen molar-refractivity contribution >= 4 is 0 Å². The smallest absolute Gasteiger partial charge is 0.0564 e. The van der Waals surface area contributed by atoms with Crippen LogP contribution in [0.25, 0.3) is 0 Å². The van der Waals surface area contributed by atoms with Crippen LogP contribution < -0.4 is 5.32 Å². The largest absolute Gasteiger partial charge is 0.393 e. The van der Waals surface area contributed by atoms with Crippen LogP contribution in [0.4, 0.5) is 0 Å². The van der Waals surface area contributed by atoms with Crippen LogP contribution in [0.1, 0.15) is 71.1 Å². The van der Waals surface area contributed by atoms with Gasteiger partial charge in [-0.2, -0.15) is 0 Å². The molecule has 0 aromatic carbocycles. The highest BCUT2D eigenvalue weighted by Crippen LogP contribution is 2.27. The zero-order chi connectivity index (χ0) is 14.9. The molecule has 3 nitrogen and oxygen atoms in total. The van der Waals surface area contributed by atoms with E-state index in [-0.39, 0.29) is 6.10 Å². The van der Waals surface area contributed by atoms with Gasteiger partial charge in [0.05, 0.1) is 6.10 Å². The normalized spacial score (nSPS) is 24.3. The minimum atomic E-state index is -0.0424. The summed E-state index contributed by atoms with van der Waals surface area (Å²) in [6.07, 6.45) is 13.3. The average molecular weight is 296 g/mol. The van der Waals surface area contributed by atoms with Crippen molar-refractivity contribution in [1.29, 1.82) is 0 Å². The fourth-order valence-electron chi connectivity index (χ4n) is 3.86. The highest BCUT2D eigenvalue weighted by atomic mass is 16.3. The van der Waals surface area contributed by atoms with Gasteiger partial charge in [0, 0.05) is 19.1 Å². The lowest BCUT2D eigenvalue weighted by atomic mass is 9.85. The Labute approximate surface area is 131 Å². The third-order valence-electron chi connectivity index (χ3n) is 5.43. The molecule has 2 aliphatic rings. The van der Waals surface area contributed by atoms with Crippen molar-refractivity contribution in [2.24, 2.45) is 5.92 Å². The molecule has 0 aromatic rings. The SMILES string of the molecule is CC(CCC1CCCCC1)NCCCN1CCC(O)CC1. The molecule has 3 heteroatoms. The molecule has 1 atom stereocenters. The van der Waals surface area contributed by atoms with E-state index in [1.165, 1.54) is 57.9 Å². The van der Waals surface area contributed by atoms with Crippen LogP contribution in [0.2, 0.25) is 0 Å². The number of aliphatic hydroxyl groups is 1. The molecule has 2 rings (SSSR count). The van der Waals surface area contributed by atoms with E-state index in [1.807, 2.05) is 0 Å². The maximum Gasteiger partial charge on any atom is 0.0564 e. The molecule has 1 saturated heterocycles. The Hall–Kier alpha value is -0.120. The molecule has 1 unspecified atom stereocenters. The lowest BCUT2D eigenvalue weighted by Crippen LogP contribution is -2.38. The lowest BCUT2D eigenvalue weighted by Gasteiger charge is -2.29. The molecule has 124 valence electrons. The first-order valence-corrected chi connectivity index (χ1v) is 9.38. The summed E-state index contributed by atoms with van der Waals surface area (Å²) in [5.41, 5.74) is 0. The molecule has 1 aliphatic heterocycles. The van der Waals surface area contributed by atoms with Gasteiger partial charge in [-0.1, -0.05) is 32.1 Å². The van der Waals surface area contributed by atoms with Gasteiger partial charge in [0.1, 0.15) is 0 Å². The highest BCUT2D eigenvalue weighted by molar-refractivity contribution is 4.72. The Bertz CT molecular complexity index is 258. The van der Waals surface area contributed by atoms with Crippen molar-refractivity contribution in [3.05, 3.63) is 0 Å². The number of hydrogen-bond donors (Lipinski definition) is 2. The molecule has 2 N–H and O–H groups in total. The number of nitrogens with zero attached hydrogens (tertiary/aromatic N) is 1. The maximum atomic E-state index is 9.50. The predicted molar refractivity (Wildman–Crippen MR) is 89.6 cm³/mol. The van der Waals surface area contributed by atoms with Crippen molar-refractivity contribution in [1.82, 2.24) is 10.2 Å². The summed E-state index contributed by atoms with van der Waals surface area (Å²) in [4.78, 5) is 2.50. The maximum absolute atomic E-state index is 9.50. The van der Waals surface area contributed by atoms with Gasteiger partial charge in [-0.15, -0.1) is 0 Å². The molecular weight excluding hydrogens is 260 g/mol. The van der Waals surface area contributed by atoms with Crippen LogP contribution in [0.3, 0.4) is 0 Å². The molecule has 1 heterocycles. The van der Waals surface area contributed by atoms with E-state index in [2.05, 4.69) is 17.1 Å². The van der Waals surface area contributed by atoms with Crippen molar-refractivity contribution in [2.75, 3.05) is 26.2 Å². The van der Waals surface area contributed by atoms with Gasteiger partial charge in [0.15, 0.2) is 0 Å². The summed E-state index contributed by atoms with van der Waals surface area (Å²) in [6, 6.07) is 0.676. The topological polar surface area (TPSA) is 35.5 Å². The van der Waals surface area contributed by atoms with Gasteiger partial charge in [-0.25, -0.2) is 0 Å². The summed E-state index contributed by atoms with van der Waals surface area (Å²) < 4.78 is 0. The Morgan fingerprint density at radius 2 is 1.81 bits per heavy atom. The molecule has 1 aliphatic carbocycles. The minimum Gasteiger partial charge on any atom is -0.393 e. The number of rotatable bonds is 8. The van der Waals surface area contributed by atoms with Crippen LogP contribution in [-0.4, -0.2) is 48.3 Å². The van der Waals surface area contributed by atoms with E-state index in [4.69, 9.17) is 0 Å². The van der Waals surface area contributed by atoms with Crippen molar-refractivity contribution < 1.29 is 5.11 Å². The second kappa shape index (κ2) is 9.81. The van der Waals surface area contributed by atoms with Crippen LogP contribution in [0, 0.1) is 5.92 Å². The molecule has 0 bridgehead atoms. The van der Waals surface area contributed by atoms with E-state index < -0.39 is 0 Å². The van der Waals surface area contributed by atoms with E-state index in [0.29, 0.717) is 6.04 Å². The Balaban J connectivity index is 1.44. The van der Waals surface area contributed by atoms with Gasteiger partial charge in [0.2, 0.25) is 0 Å². The monoisotopic (exact) mass is 296 g/mol. The van der Waals surface area contributed by atoms with Gasteiger partial charge in [0.25, 0.3) is 0 Å². The third-order valence-corrected chi connectivity index (χ3v) is 5.43. The third kappa shape index (κ3) is 7.12. The molecular formula is C18H36N2O. The molecule has 0 amide bonds. The van der Waals surface area contributed by atoms with Crippen LogP contribution in [0.5, 0.6) is 0 Å². The van der Waals surface area contributed by atoms with E-state index >= 15 is 0 Å². The van der Waals surface area contributed by atoms with Crippen molar-refractivity contribution in [3.63, 3.8) is 0 Å². The first-order chi connectivity index (χ1) is 10.2. The minimum absolute atomic E-state index is 0.0424. The quantitative estimate of drug-likeness (QED) is 0.675. The first kappa shape index (κ1) is 17.2. The molecule has 0 spiro atoms. The molecule has 2 fully saturated rings. The summed E-state index contributed by atoms with van der Waals surface area (Å²) in [6.45, 7) is 6.84. The fourth-order valence-corrected chi connectivity index (χ4v) is 3.86. The predicted octanol–water partition coefficient (Wildman–Crippen LogP) is 3.17. The summed E-state index contributed by atoms with van der Waals surface area (Å²) >= 11 is 0. The van der Waals surface area contributed by atoms with Crippen molar-refractivity contribution in [2.45, 2.75) is 83.3 Å². The summed E-state index contributed by atoms with van der Waals surface area (Å²) in [5, 5.41) is 13.2. The Morgan fingerprint density at radius 1 is 1.10 bits per heavy atom. The fraction of sp³-hybridized carbons (Fsp3) is 1.00.